The first-order valence-corrected chi connectivity index (χ1v) is 40.4. The number of phosphoric ester groups is 1. The summed E-state index contributed by atoms with van der Waals surface area (Å²) in [6, 6.07) is 0. The SMILES string of the molecule is CC/C=C\C/C=C\C/C=C\C/C=C\C/C=C\C/C=C\C/C=C\CCCCCCCCCCCCCCCCCC(=O)OC(COC(=O)CCCCCCCCCCCCCCC/C=C\C/C=C\C/C=C\C/C=C\C/C=C\C/C=C\C/C=C\CC)COP(=O)(O)OCC[N+](C)(C)C. The van der Waals surface area contributed by atoms with Crippen molar-refractivity contribution >= 4 is 19.8 Å². The summed E-state index contributed by atoms with van der Waals surface area (Å²) in [6.07, 6.45) is 113. The predicted molar refractivity (Wildman–Crippen MR) is 417 cm³/mol. The molecule has 9 nitrogen and oxygen atoms in total. The van der Waals surface area contributed by atoms with Gasteiger partial charge in [-0.15, -0.1) is 0 Å². The summed E-state index contributed by atoms with van der Waals surface area (Å²) in [4.78, 5) is 36.0. The minimum Gasteiger partial charge on any atom is -0.462 e. The fraction of sp³-hybridized carbons (Fsp3) is 0.651. The molecule has 0 aromatic heterocycles. The summed E-state index contributed by atoms with van der Waals surface area (Å²) in [5, 5.41) is 0. The second-order valence-electron chi connectivity index (χ2n) is 26.6. The van der Waals surface area contributed by atoms with Crippen molar-refractivity contribution in [2.75, 3.05) is 47.5 Å². The molecule has 0 aliphatic rings. The Morgan fingerprint density at radius 2 is 0.562 bits per heavy atom. The Morgan fingerprint density at radius 3 is 0.833 bits per heavy atom. The van der Waals surface area contributed by atoms with Gasteiger partial charge < -0.3 is 18.9 Å². The van der Waals surface area contributed by atoms with E-state index in [0.29, 0.717) is 17.4 Å². The van der Waals surface area contributed by atoms with Crippen molar-refractivity contribution in [3.63, 3.8) is 0 Å². The van der Waals surface area contributed by atoms with Crippen molar-refractivity contribution in [3.05, 3.63) is 170 Å². The van der Waals surface area contributed by atoms with Gasteiger partial charge in [-0.2, -0.15) is 0 Å². The molecular weight excluding hydrogens is 1210 g/mol. The van der Waals surface area contributed by atoms with E-state index in [2.05, 4.69) is 184 Å². The van der Waals surface area contributed by atoms with Crippen LogP contribution in [0.3, 0.4) is 0 Å². The maximum Gasteiger partial charge on any atom is 0.472 e. The number of allylic oxidation sites excluding steroid dienone is 28. The van der Waals surface area contributed by atoms with Gasteiger partial charge in [-0.1, -0.05) is 338 Å². The van der Waals surface area contributed by atoms with Crippen LogP contribution in [0.4, 0.5) is 0 Å². The number of hydrogen-bond acceptors (Lipinski definition) is 7. The van der Waals surface area contributed by atoms with Crippen LogP contribution >= 0.6 is 7.82 Å². The average Bonchev–Trinajstić information content (AvgIpc) is 2.72. The fourth-order valence-corrected chi connectivity index (χ4v) is 11.1. The molecular formula is C86H145NO8P+. The molecule has 0 aromatic carbocycles. The number of phosphoric acid groups is 1. The van der Waals surface area contributed by atoms with Crippen molar-refractivity contribution in [1.82, 2.24) is 0 Å². The average molecular weight is 1350 g/mol. The number of carbonyl (C=O) groups is 2. The van der Waals surface area contributed by atoms with Gasteiger partial charge in [0.15, 0.2) is 6.10 Å². The zero-order valence-corrected chi connectivity index (χ0v) is 63.2. The van der Waals surface area contributed by atoms with Crippen LogP contribution in [0, 0.1) is 0 Å². The van der Waals surface area contributed by atoms with Gasteiger partial charge in [-0.05, 0) is 128 Å². The molecule has 0 saturated heterocycles. The van der Waals surface area contributed by atoms with Gasteiger partial charge in [-0.25, -0.2) is 4.57 Å². The predicted octanol–water partition coefficient (Wildman–Crippen LogP) is 26.1. The number of rotatable bonds is 70. The standard InChI is InChI=1S/C86H144NO8P/c1-6-8-10-12-14-16-18-20-22-24-26-28-30-32-34-36-38-40-42-43-45-47-49-51-53-55-57-59-61-63-65-67-69-71-73-75-77-79-86(89)95-84(83-94-96(90,91)93-81-80-87(3,4)5)82-92-85(88)78-76-74-72-70-68-66-64-62-60-58-56-54-52-50-48-46-44-41-39-37-35-33-31-29-27-25-23-21-19-17-15-13-11-9-7-2/h8-11,14-17,20-23,26-29,32-35,38-41,43,45-46,48,84H,6-7,12-13,18-19,24-25,30-31,36-37,42,44,47,49-83H2,1-5H3/p+1/b10-8-,11-9-,16-14-,17-15-,22-20-,23-21-,28-26-,29-27-,34-32-,35-33-,40-38-,41-39-,45-43-,48-46-. The molecule has 2 atom stereocenters. The first-order chi connectivity index (χ1) is 47.0. The molecule has 10 heteroatoms. The van der Waals surface area contributed by atoms with E-state index in [-0.39, 0.29) is 32.0 Å². The van der Waals surface area contributed by atoms with E-state index in [0.717, 1.165) is 128 Å². The molecule has 546 valence electrons. The lowest BCUT2D eigenvalue weighted by molar-refractivity contribution is -0.870. The Balaban J connectivity index is 4.03. The second kappa shape index (κ2) is 74.6. The van der Waals surface area contributed by atoms with Gasteiger partial charge >= 0.3 is 19.8 Å². The fourth-order valence-electron chi connectivity index (χ4n) is 10.4. The first kappa shape index (κ1) is 91.4. The van der Waals surface area contributed by atoms with Crippen molar-refractivity contribution < 1.29 is 42.1 Å². The lowest BCUT2D eigenvalue weighted by Gasteiger charge is -2.24. The number of nitrogens with zero attached hydrogens (tertiary/aromatic N) is 1. The van der Waals surface area contributed by atoms with Crippen LogP contribution in [0.25, 0.3) is 0 Å². The van der Waals surface area contributed by atoms with Gasteiger partial charge in [-0.3, -0.25) is 18.6 Å². The van der Waals surface area contributed by atoms with Crippen molar-refractivity contribution in [2.45, 2.75) is 315 Å². The molecule has 96 heavy (non-hydrogen) atoms. The number of esters is 2. The lowest BCUT2D eigenvalue weighted by Crippen LogP contribution is -2.37. The van der Waals surface area contributed by atoms with Crippen LogP contribution < -0.4 is 0 Å². The largest absolute Gasteiger partial charge is 0.472 e. The Morgan fingerprint density at radius 1 is 0.323 bits per heavy atom. The number of ether oxygens (including phenoxy) is 2. The highest BCUT2D eigenvalue weighted by molar-refractivity contribution is 7.47. The van der Waals surface area contributed by atoms with E-state index >= 15 is 0 Å². The summed E-state index contributed by atoms with van der Waals surface area (Å²) >= 11 is 0. The maximum atomic E-state index is 12.9. The highest BCUT2D eigenvalue weighted by atomic mass is 31.2. The summed E-state index contributed by atoms with van der Waals surface area (Å²) in [5.41, 5.74) is 0. The van der Waals surface area contributed by atoms with E-state index < -0.39 is 26.5 Å². The second-order valence-corrected chi connectivity index (χ2v) is 28.1. The highest BCUT2D eigenvalue weighted by Gasteiger charge is 2.27. The van der Waals surface area contributed by atoms with Gasteiger partial charge in [0.1, 0.15) is 19.8 Å². The van der Waals surface area contributed by atoms with E-state index in [4.69, 9.17) is 18.5 Å². The summed E-state index contributed by atoms with van der Waals surface area (Å²) in [5.74, 6) is -0.799. The minimum atomic E-state index is -4.41. The van der Waals surface area contributed by atoms with E-state index in [9.17, 15) is 19.0 Å². The van der Waals surface area contributed by atoms with Crippen molar-refractivity contribution in [2.24, 2.45) is 0 Å². The first-order valence-electron chi connectivity index (χ1n) is 38.9. The molecule has 0 rings (SSSR count). The van der Waals surface area contributed by atoms with Gasteiger partial charge in [0.2, 0.25) is 0 Å². The lowest BCUT2D eigenvalue weighted by atomic mass is 10.0. The Hall–Kier alpha value is -4.63. The molecule has 2 unspecified atom stereocenters. The number of carbonyl (C=O) groups excluding carboxylic acids is 2. The van der Waals surface area contributed by atoms with Crippen molar-refractivity contribution in [3.8, 4) is 0 Å². The smallest absolute Gasteiger partial charge is 0.462 e. The van der Waals surface area contributed by atoms with E-state index in [1.54, 1.807) is 0 Å². The Kier molecular flexibility index (Phi) is 71.0. The molecule has 0 bridgehead atoms. The van der Waals surface area contributed by atoms with Crippen LogP contribution in [0.1, 0.15) is 309 Å². The maximum absolute atomic E-state index is 12.9. The zero-order valence-electron chi connectivity index (χ0n) is 62.3. The molecule has 0 fully saturated rings. The summed E-state index contributed by atoms with van der Waals surface area (Å²) < 4.78 is 34.8. The molecule has 0 heterocycles. The Bertz CT molecular complexity index is 2230. The third kappa shape index (κ3) is 78.4. The van der Waals surface area contributed by atoms with Gasteiger partial charge in [0.25, 0.3) is 0 Å². The molecule has 0 spiro atoms. The van der Waals surface area contributed by atoms with Crippen LogP contribution in [0.5, 0.6) is 0 Å². The number of unbranched alkanes of at least 4 members (excludes halogenated alkanes) is 28. The molecule has 1 N–H and O–H groups in total. The number of likely N-dealkylation sites (N-methyl/N-ethyl adjacent to an activating group) is 1. The molecule has 0 aliphatic heterocycles. The normalized spacial score (nSPS) is 14.0. The van der Waals surface area contributed by atoms with Crippen LogP contribution in [-0.4, -0.2) is 74.9 Å². The Labute approximate surface area is 591 Å². The quantitative estimate of drug-likeness (QED) is 0.0211. The zero-order chi connectivity index (χ0) is 69.7. The summed E-state index contributed by atoms with van der Waals surface area (Å²) in [6.45, 7) is 4.21. The van der Waals surface area contributed by atoms with Crippen LogP contribution in [-0.2, 0) is 32.7 Å². The third-order valence-corrected chi connectivity index (χ3v) is 17.2. The van der Waals surface area contributed by atoms with Crippen molar-refractivity contribution in [1.29, 1.82) is 0 Å². The minimum absolute atomic E-state index is 0.0254. The molecule has 0 saturated carbocycles. The molecule has 0 aliphatic carbocycles. The highest BCUT2D eigenvalue weighted by Crippen LogP contribution is 2.43. The van der Waals surface area contributed by atoms with Gasteiger partial charge in [0.05, 0.1) is 27.7 Å². The molecule has 0 radical (unpaired) electrons. The summed E-state index contributed by atoms with van der Waals surface area (Å²) in [7, 11) is 1.47. The third-order valence-electron chi connectivity index (χ3n) is 16.2. The topological polar surface area (TPSA) is 108 Å². The van der Waals surface area contributed by atoms with Crippen LogP contribution in [0.2, 0.25) is 0 Å². The number of quaternary nitrogens is 1. The van der Waals surface area contributed by atoms with E-state index in [1.165, 1.54) is 148 Å². The molecule has 0 aromatic rings. The van der Waals surface area contributed by atoms with Crippen LogP contribution in [0.15, 0.2) is 170 Å². The van der Waals surface area contributed by atoms with Gasteiger partial charge in [0, 0.05) is 12.8 Å². The van der Waals surface area contributed by atoms with E-state index in [1.807, 2.05) is 21.1 Å². The monoisotopic (exact) mass is 1350 g/mol. The number of hydrogen-bond donors (Lipinski definition) is 1. The molecule has 0 amide bonds.